The van der Waals surface area contributed by atoms with Gasteiger partial charge in [0.15, 0.2) is 0 Å². The van der Waals surface area contributed by atoms with Crippen LogP contribution in [0.2, 0.25) is 0 Å². The van der Waals surface area contributed by atoms with Gasteiger partial charge in [-0.25, -0.2) is 4.98 Å². The molecule has 106 valence electrons. The van der Waals surface area contributed by atoms with Gasteiger partial charge in [0.2, 0.25) is 0 Å². The molecule has 4 rings (SSSR count). The number of benzene rings is 1. The molecule has 5 heteroatoms. The normalized spacial score (nSPS) is 17.9. The summed E-state index contributed by atoms with van der Waals surface area (Å²) in [6, 6.07) is 10.2. The summed E-state index contributed by atoms with van der Waals surface area (Å²) in [5, 5.41) is 10.9. The number of nitrogens with zero attached hydrogens (tertiary/aromatic N) is 3. The lowest BCUT2D eigenvalue weighted by Crippen LogP contribution is -2.20. The van der Waals surface area contributed by atoms with Gasteiger partial charge in [-0.3, -0.25) is 10.1 Å². The molecule has 0 saturated heterocycles. The van der Waals surface area contributed by atoms with E-state index in [1.54, 1.807) is 6.92 Å². The number of para-hydroxylation sites is 1. The van der Waals surface area contributed by atoms with Crippen molar-refractivity contribution >= 4 is 17.2 Å². The first-order chi connectivity index (χ1) is 10.1. The molecule has 1 aromatic heterocycles. The number of anilines is 2. The maximum absolute atomic E-state index is 10.9. The first-order valence-electron chi connectivity index (χ1n) is 7.09. The van der Waals surface area contributed by atoms with Gasteiger partial charge in [0.05, 0.1) is 4.92 Å². The number of hydrogen-bond acceptors (Lipinski definition) is 4. The Balaban J connectivity index is 1.79. The van der Waals surface area contributed by atoms with Crippen molar-refractivity contribution in [3.63, 3.8) is 0 Å². The topological polar surface area (TPSA) is 59.3 Å². The zero-order chi connectivity index (χ0) is 14.6. The molecule has 0 radical (unpaired) electrons. The first-order valence-corrected chi connectivity index (χ1v) is 7.09. The highest BCUT2D eigenvalue weighted by Gasteiger charge is 2.52. The lowest BCUT2D eigenvalue weighted by molar-refractivity contribution is -0.385. The summed E-state index contributed by atoms with van der Waals surface area (Å²) in [7, 11) is 0. The average Bonchev–Trinajstić information content (AvgIpc) is 3.17. The summed E-state index contributed by atoms with van der Waals surface area (Å²) in [5.41, 5.74) is 3.60. The molecule has 1 spiro atoms. The van der Waals surface area contributed by atoms with E-state index in [-0.39, 0.29) is 16.0 Å². The van der Waals surface area contributed by atoms with Gasteiger partial charge in [0, 0.05) is 23.2 Å². The van der Waals surface area contributed by atoms with E-state index in [0.29, 0.717) is 5.56 Å². The maximum atomic E-state index is 10.9. The predicted octanol–water partition coefficient (Wildman–Crippen LogP) is 3.48. The van der Waals surface area contributed by atoms with Crippen molar-refractivity contribution in [3.8, 4) is 0 Å². The van der Waals surface area contributed by atoms with E-state index in [0.717, 1.165) is 12.4 Å². The quantitative estimate of drug-likeness (QED) is 0.624. The maximum Gasteiger partial charge on any atom is 0.290 e. The van der Waals surface area contributed by atoms with E-state index in [1.165, 1.54) is 30.3 Å². The van der Waals surface area contributed by atoms with Gasteiger partial charge in [-0.2, -0.15) is 0 Å². The second-order valence-corrected chi connectivity index (χ2v) is 5.97. The van der Waals surface area contributed by atoms with Gasteiger partial charge in [-0.15, -0.1) is 0 Å². The fourth-order valence-electron chi connectivity index (χ4n) is 3.29. The van der Waals surface area contributed by atoms with E-state index in [2.05, 4.69) is 28.1 Å². The molecule has 0 amide bonds. The molecule has 0 bridgehead atoms. The van der Waals surface area contributed by atoms with Crippen LogP contribution in [0, 0.1) is 17.0 Å². The minimum absolute atomic E-state index is 0.0763. The number of aryl methyl sites for hydroxylation is 1. The van der Waals surface area contributed by atoms with Crippen molar-refractivity contribution in [3.05, 3.63) is 57.8 Å². The molecular formula is C16H15N3O2. The summed E-state index contributed by atoms with van der Waals surface area (Å²) in [4.78, 5) is 17.0. The van der Waals surface area contributed by atoms with Crippen LogP contribution in [0.1, 0.15) is 24.0 Å². The minimum Gasteiger partial charge on any atom is -0.325 e. The number of aromatic nitrogens is 1. The van der Waals surface area contributed by atoms with E-state index in [9.17, 15) is 10.1 Å². The number of fused-ring (bicyclic) bond motifs is 2. The summed E-state index contributed by atoms with van der Waals surface area (Å²) >= 11 is 0. The molecule has 1 saturated carbocycles. The summed E-state index contributed by atoms with van der Waals surface area (Å²) in [6.07, 6.45) is 3.80. The van der Waals surface area contributed by atoms with Gasteiger partial charge in [-0.05, 0) is 37.5 Å². The molecule has 1 fully saturated rings. The van der Waals surface area contributed by atoms with Crippen molar-refractivity contribution in [2.45, 2.75) is 25.2 Å². The number of pyridine rings is 1. The molecule has 0 atom stereocenters. The summed E-state index contributed by atoms with van der Waals surface area (Å²) in [6.45, 7) is 2.69. The van der Waals surface area contributed by atoms with E-state index in [4.69, 9.17) is 0 Å². The van der Waals surface area contributed by atoms with Crippen LogP contribution in [0.15, 0.2) is 36.5 Å². The lowest BCUT2D eigenvalue weighted by atomic mass is 9.99. The van der Waals surface area contributed by atoms with Crippen LogP contribution in [-0.4, -0.2) is 16.5 Å². The molecule has 1 aliphatic carbocycles. The highest BCUT2D eigenvalue weighted by molar-refractivity contribution is 5.73. The molecular weight excluding hydrogens is 266 g/mol. The third kappa shape index (κ3) is 1.73. The van der Waals surface area contributed by atoms with E-state index in [1.807, 2.05) is 12.1 Å². The number of nitro groups is 1. The zero-order valence-corrected chi connectivity index (χ0v) is 11.7. The standard InChI is InChI=1S/C16H15N3O2/c1-11-8-15(17-9-14(11)19(20)21)18-10-16(6-7-16)12-4-2-3-5-13(12)18/h2-5,8-9H,6-7,10H2,1H3. The molecule has 1 aromatic carbocycles. The van der Waals surface area contributed by atoms with E-state index < -0.39 is 0 Å². The Kier molecular flexibility index (Phi) is 2.37. The van der Waals surface area contributed by atoms with Crippen molar-refractivity contribution in [2.75, 3.05) is 11.4 Å². The largest absolute Gasteiger partial charge is 0.325 e. The van der Waals surface area contributed by atoms with Crippen LogP contribution >= 0.6 is 0 Å². The number of hydrogen-bond donors (Lipinski definition) is 0. The molecule has 0 N–H and O–H groups in total. The van der Waals surface area contributed by atoms with Gasteiger partial charge in [-0.1, -0.05) is 18.2 Å². The molecule has 5 nitrogen and oxygen atoms in total. The smallest absolute Gasteiger partial charge is 0.290 e. The molecule has 0 unspecified atom stereocenters. The highest BCUT2D eigenvalue weighted by Crippen LogP contribution is 2.57. The zero-order valence-electron chi connectivity index (χ0n) is 11.7. The van der Waals surface area contributed by atoms with Crippen molar-refractivity contribution < 1.29 is 4.92 Å². The van der Waals surface area contributed by atoms with Crippen LogP contribution in [0.4, 0.5) is 17.2 Å². The fraction of sp³-hybridized carbons (Fsp3) is 0.312. The monoisotopic (exact) mass is 281 g/mol. The second kappa shape index (κ2) is 4.04. The van der Waals surface area contributed by atoms with Gasteiger partial charge in [0.25, 0.3) is 5.69 Å². The van der Waals surface area contributed by atoms with Crippen molar-refractivity contribution in [1.82, 2.24) is 4.98 Å². The molecule has 2 aromatic rings. The Labute approximate surface area is 122 Å². The fourth-order valence-corrected chi connectivity index (χ4v) is 3.29. The Hall–Kier alpha value is -2.43. The Morgan fingerprint density at radius 2 is 2.10 bits per heavy atom. The van der Waals surface area contributed by atoms with Crippen LogP contribution in [0.3, 0.4) is 0 Å². The number of rotatable bonds is 2. The molecule has 21 heavy (non-hydrogen) atoms. The Morgan fingerprint density at radius 3 is 2.76 bits per heavy atom. The molecule has 2 heterocycles. The van der Waals surface area contributed by atoms with Gasteiger partial charge in [0.1, 0.15) is 12.0 Å². The molecule has 1 aliphatic heterocycles. The SMILES string of the molecule is Cc1cc(N2CC3(CC3)c3ccccc32)ncc1[N+](=O)[O-]. The van der Waals surface area contributed by atoms with Crippen molar-refractivity contribution in [2.24, 2.45) is 0 Å². The minimum atomic E-state index is -0.383. The average molecular weight is 281 g/mol. The first kappa shape index (κ1) is 12.3. The Bertz CT molecular complexity index is 753. The highest BCUT2D eigenvalue weighted by atomic mass is 16.6. The van der Waals surface area contributed by atoms with Crippen LogP contribution in [0.25, 0.3) is 0 Å². The molecule has 2 aliphatic rings. The van der Waals surface area contributed by atoms with Crippen LogP contribution < -0.4 is 4.90 Å². The van der Waals surface area contributed by atoms with Gasteiger partial charge >= 0.3 is 0 Å². The second-order valence-electron chi connectivity index (χ2n) is 5.97. The summed E-state index contributed by atoms with van der Waals surface area (Å²) in [5.74, 6) is 0.800. The third-order valence-corrected chi connectivity index (χ3v) is 4.62. The van der Waals surface area contributed by atoms with E-state index >= 15 is 0 Å². The van der Waals surface area contributed by atoms with Crippen molar-refractivity contribution in [1.29, 1.82) is 0 Å². The lowest BCUT2D eigenvalue weighted by Gasteiger charge is -2.19. The van der Waals surface area contributed by atoms with Gasteiger partial charge < -0.3 is 4.90 Å². The Morgan fingerprint density at radius 1 is 1.33 bits per heavy atom. The summed E-state index contributed by atoms with van der Waals surface area (Å²) < 4.78 is 0. The van der Waals surface area contributed by atoms with Crippen LogP contribution in [-0.2, 0) is 5.41 Å². The third-order valence-electron chi connectivity index (χ3n) is 4.62. The predicted molar refractivity (Wildman–Crippen MR) is 80.0 cm³/mol. The van der Waals surface area contributed by atoms with Crippen LogP contribution in [0.5, 0.6) is 0 Å².